The molecule has 0 saturated carbocycles. The average molecular weight is 308 g/mol. The SMILES string of the molecule is Cc1sc(-c2ccco2)nc1C(=O)NCCCCC(=O)O. The molecule has 2 aromatic rings. The number of furan rings is 1. The Morgan fingerprint density at radius 3 is 2.90 bits per heavy atom. The van der Waals surface area contributed by atoms with E-state index < -0.39 is 5.97 Å². The van der Waals surface area contributed by atoms with Crippen molar-refractivity contribution in [2.45, 2.75) is 26.2 Å². The molecule has 0 aliphatic rings. The third-order valence-corrected chi connectivity index (χ3v) is 3.83. The second kappa shape index (κ2) is 7.03. The number of carbonyl (C=O) groups is 2. The summed E-state index contributed by atoms with van der Waals surface area (Å²) in [6.45, 7) is 2.28. The first-order chi connectivity index (χ1) is 10.1. The third kappa shape index (κ3) is 4.16. The average Bonchev–Trinajstić information content (AvgIpc) is 3.06. The van der Waals surface area contributed by atoms with Gasteiger partial charge in [-0.2, -0.15) is 0 Å². The van der Waals surface area contributed by atoms with Gasteiger partial charge in [0.25, 0.3) is 5.91 Å². The van der Waals surface area contributed by atoms with Gasteiger partial charge in [-0.15, -0.1) is 11.3 Å². The second-order valence-corrected chi connectivity index (χ2v) is 5.71. The van der Waals surface area contributed by atoms with Crippen molar-refractivity contribution in [2.24, 2.45) is 0 Å². The van der Waals surface area contributed by atoms with Crippen molar-refractivity contribution in [3.63, 3.8) is 0 Å². The van der Waals surface area contributed by atoms with Crippen LogP contribution in [0.1, 0.15) is 34.6 Å². The Bertz CT molecular complexity index is 619. The number of hydrogen-bond acceptors (Lipinski definition) is 5. The molecule has 1 amide bonds. The fraction of sp³-hybridized carbons (Fsp3) is 0.357. The van der Waals surface area contributed by atoms with Crippen molar-refractivity contribution in [3.05, 3.63) is 29.0 Å². The number of aliphatic carboxylic acids is 1. The lowest BCUT2D eigenvalue weighted by molar-refractivity contribution is -0.137. The molecular weight excluding hydrogens is 292 g/mol. The third-order valence-electron chi connectivity index (χ3n) is 2.85. The smallest absolute Gasteiger partial charge is 0.303 e. The number of unbranched alkanes of at least 4 members (excludes halogenated alkanes) is 1. The molecule has 0 radical (unpaired) electrons. The molecule has 6 nitrogen and oxygen atoms in total. The Kier molecular flexibility index (Phi) is 5.10. The van der Waals surface area contributed by atoms with Gasteiger partial charge in [-0.25, -0.2) is 4.98 Å². The van der Waals surface area contributed by atoms with Gasteiger partial charge in [0.1, 0.15) is 5.69 Å². The van der Waals surface area contributed by atoms with Crippen LogP contribution in [0.25, 0.3) is 10.8 Å². The molecule has 0 aliphatic carbocycles. The number of aryl methyl sites for hydroxylation is 1. The summed E-state index contributed by atoms with van der Waals surface area (Å²) < 4.78 is 5.26. The van der Waals surface area contributed by atoms with Gasteiger partial charge in [-0.05, 0) is 31.9 Å². The zero-order chi connectivity index (χ0) is 15.2. The molecule has 0 aliphatic heterocycles. The van der Waals surface area contributed by atoms with Gasteiger partial charge in [0.2, 0.25) is 0 Å². The van der Waals surface area contributed by atoms with E-state index in [1.54, 1.807) is 18.4 Å². The maximum Gasteiger partial charge on any atom is 0.303 e. The molecule has 0 aromatic carbocycles. The highest BCUT2D eigenvalue weighted by Crippen LogP contribution is 2.27. The number of nitrogens with zero attached hydrogens (tertiary/aromatic N) is 1. The molecular formula is C14H16N2O4S. The number of hydrogen-bond donors (Lipinski definition) is 2. The van der Waals surface area contributed by atoms with Crippen molar-refractivity contribution >= 4 is 23.2 Å². The van der Waals surface area contributed by atoms with Crippen LogP contribution in [-0.4, -0.2) is 28.5 Å². The Morgan fingerprint density at radius 2 is 2.24 bits per heavy atom. The fourth-order valence-electron chi connectivity index (χ4n) is 1.80. The zero-order valence-corrected chi connectivity index (χ0v) is 12.4. The predicted octanol–water partition coefficient (Wildman–Crippen LogP) is 2.70. The van der Waals surface area contributed by atoms with Crippen LogP contribution in [0.3, 0.4) is 0 Å². The Morgan fingerprint density at radius 1 is 1.43 bits per heavy atom. The minimum absolute atomic E-state index is 0.119. The fourth-order valence-corrected chi connectivity index (χ4v) is 2.68. The van der Waals surface area contributed by atoms with Crippen LogP contribution in [0.15, 0.2) is 22.8 Å². The molecule has 0 atom stereocenters. The highest BCUT2D eigenvalue weighted by atomic mass is 32.1. The van der Waals surface area contributed by atoms with Gasteiger partial charge in [0.15, 0.2) is 10.8 Å². The maximum absolute atomic E-state index is 12.0. The topological polar surface area (TPSA) is 92.4 Å². The van der Waals surface area contributed by atoms with Gasteiger partial charge in [-0.3, -0.25) is 9.59 Å². The van der Waals surface area contributed by atoms with E-state index in [1.807, 2.05) is 6.92 Å². The first-order valence-electron chi connectivity index (χ1n) is 6.59. The van der Waals surface area contributed by atoms with E-state index in [0.29, 0.717) is 35.8 Å². The Labute approximate surface area is 125 Å². The summed E-state index contributed by atoms with van der Waals surface area (Å²) in [4.78, 5) is 27.5. The molecule has 2 aromatic heterocycles. The minimum Gasteiger partial charge on any atom is -0.481 e. The summed E-state index contributed by atoms with van der Waals surface area (Å²) in [5.74, 6) is -0.416. The number of carbonyl (C=O) groups excluding carboxylic acids is 1. The number of amides is 1. The molecule has 0 saturated heterocycles. The van der Waals surface area contributed by atoms with Crippen molar-refractivity contribution in [1.82, 2.24) is 10.3 Å². The number of thiazole rings is 1. The van der Waals surface area contributed by atoms with E-state index in [-0.39, 0.29) is 12.3 Å². The summed E-state index contributed by atoms with van der Waals surface area (Å²) >= 11 is 1.40. The van der Waals surface area contributed by atoms with E-state index in [2.05, 4.69) is 10.3 Å². The molecule has 0 spiro atoms. The first kappa shape index (κ1) is 15.2. The predicted molar refractivity (Wildman–Crippen MR) is 78.4 cm³/mol. The van der Waals surface area contributed by atoms with Gasteiger partial charge >= 0.3 is 5.97 Å². The van der Waals surface area contributed by atoms with Gasteiger partial charge < -0.3 is 14.8 Å². The standard InChI is InChI=1S/C14H16N2O4S/c1-9-12(13(19)15-7-3-2-6-11(17)18)16-14(21-9)10-5-4-8-20-10/h4-5,8H,2-3,6-7H2,1H3,(H,15,19)(H,17,18). The second-order valence-electron chi connectivity index (χ2n) is 4.51. The summed E-state index contributed by atoms with van der Waals surface area (Å²) in [5.41, 5.74) is 0.393. The van der Waals surface area contributed by atoms with E-state index in [9.17, 15) is 9.59 Å². The first-order valence-corrected chi connectivity index (χ1v) is 7.41. The molecule has 21 heavy (non-hydrogen) atoms. The van der Waals surface area contributed by atoms with Crippen molar-refractivity contribution in [1.29, 1.82) is 0 Å². The summed E-state index contributed by atoms with van der Waals surface area (Å²) in [6, 6.07) is 3.57. The minimum atomic E-state index is -0.820. The van der Waals surface area contributed by atoms with Crippen molar-refractivity contribution < 1.29 is 19.1 Å². The van der Waals surface area contributed by atoms with Crippen LogP contribution in [-0.2, 0) is 4.79 Å². The largest absolute Gasteiger partial charge is 0.481 e. The lowest BCUT2D eigenvalue weighted by atomic mass is 10.2. The van der Waals surface area contributed by atoms with Crippen LogP contribution in [0.4, 0.5) is 0 Å². The molecule has 2 rings (SSSR count). The van der Waals surface area contributed by atoms with Gasteiger partial charge in [0.05, 0.1) is 6.26 Å². The molecule has 2 N–H and O–H groups in total. The highest BCUT2D eigenvalue weighted by molar-refractivity contribution is 7.15. The molecule has 7 heteroatoms. The summed E-state index contributed by atoms with van der Waals surface area (Å²) in [7, 11) is 0. The Balaban J connectivity index is 1.89. The van der Waals surface area contributed by atoms with Crippen LogP contribution in [0, 0.1) is 6.92 Å². The summed E-state index contributed by atoms with van der Waals surface area (Å²) in [5, 5.41) is 12.0. The zero-order valence-electron chi connectivity index (χ0n) is 11.6. The normalized spacial score (nSPS) is 10.5. The van der Waals surface area contributed by atoms with Crippen molar-refractivity contribution in [3.8, 4) is 10.8 Å². The molecule has 0 bridgehead atoms. The van der Waals surface area contributed by atoms with E-state index in [0.717, 1.165) is 4.88 Å². The lowest BCUT2D eigenvalue weighted by Crippen LogP contribution is -2.25. The van der Waals surface area contributed by atoms with Crippen LogP contribution >= 0.6 is 11.3 Å². The van der Waals surface area contributed by atoms with Gasteiger partial charge in [-0.1, -0.05) is 0 Å². The van der Waals surface area contributed by atoms with Crippen molar-refractivity contribution in [2.75, 3.05) is 6.54 Å². The molecule has 0 unspecified atom stereocenters. The highest BCUT2D eigenvalue weighted by Gasteiger charge is 2.17. The number of carboxylic acid groups (broad SMARTS) is 1. The van der Waals surface area contributed by atoms with E-state index >= 15 is 0 Å². The van der Waals surface area contributed by atoms with Crippen LogP contribution in [0.2, 0.25) is 0 Å². The quantitative estimate of drug-likeness (QED) is 0.767. The van der Waals surface area contributed by atoms with Crippen LogP contribution in [0.5, 0.6) is 0 Å². The molecule has 2 heterocycles. The number of carboxylic acids is 1. The van der Waals surface area contributed by atoms with Gasteiger partial charge in [0, 0.05) is 17.8 Å². The Hall–Kier alpha value is -2.15. The summed E-state index contributed by atoms with van der Waals surface area (Å²) in [6.07, 6.45) is 2.86. The van der Waals surface area contributed by atoms with E-state index in [4.69, 9.17) is 9.52 Å². The number of nitrogens with one attached hydrogen (secondary N) is 1. The molecule has 112 valence electrons. The number of rotatable bonds is 7. The lowest BCUT2D eigenvalue weighted by Gasteiger charge is -2.02. The molecule has 0 fully saturated rings. The van der Waals surface area contributed by atoms with Crippen LogP contribution < -0.4 is 5.32 Å². The number of aromatic nitrogens is 1. The maximum atomic E-state index is 12.0. The monoisotopic (exact) mass is 308 g/mol. The van der Waals surface area contributed by atoms with E-state index in [1.165, 1.54) is 11.3 Å².